The number of aliphatic carboxylic acids is 2. The molecule has 0 fully saturated rings. The minimum Gasteiger partial charge on any atom is -0.481 e. The van der Waals surface area contributed by atoms with E-state index in [2.05, 4.69) is 41.2 Å². The fraction of sp³-hybridized carbons (Fsp3) is 0.520. The Hall–Kier alpha value is -4.80. The minimum absolute atomic E-state index is 0.0612. The second-order valence-corrected chi connectivity index (χ2v) is 9.83. The van der Waals surface area contributed by atoms with Crippen molar-refractivity contribution in [3.63, 3.8) is 0 Å². The van der Waals surface area contributed by atoms with E-state index in [0.717, 1.165) is 0 Å². The molecule has 230 valence electrons. The third-order valence-electron chi connectivity index (χ3n) is 6.48. The summed E-state index contributed by atoms with van der Waals surface area (Å²) in [6.07, 6.45) is 5.27. The number of imidazole rings is 2. The molecular weight excluding hydrogens is 554 g/mol. The number of aromatic amines is 2. The Bertz CT molecular complexity index is 1220. The van der Waals surface area contributed by atoms with E-state index < -0.39 is 78.1 Å². The van der Waals surface area contributed by atoms with Gasteiger partial charge in [0, 0.05) is 36.6 Å². The number of rotatable bonds is 17. The second kappa shape index (κ2) is 15.8. The van der Waals surface area contributed by atoms with E-state index >= 15 is 0 Å². The molecule has 0 saturated carbocycles. The van der Waals surface area contributed by atoms with E-state index in [4.69, 9.17) is 10.8 Å². The number of amides is 4. The number of hydrogen-bond donors (Lipinski definition) is 9. The van der Waals surface area contributed by atoms with E-state index in [-0.39, 0.29) is 12.8 Å². The first-order valence-electron chi connectivity index (χ1n) is 13.2. The molecule has 0 aliphatic heterocycles. The average molecular weight is 592 g/mol. The van der Waals surface area contributed by atoms with Crippen molar-refractivity contribution in [3.8, 4) is 0 Å². The van der Waals surface area contributed by atoms with Gasteiger partial charge in [0.05, 0.1) is 25.1 Å². The number of carboxylic acid groups (broad SMARTS) is 2. The van der Waals surface area contributed by atoms with Crippen molar-refractivity contribution in [1.82, 2.24) is 41.2 Å². The zero-order valence-corrected chi connectivity index (χ0v) is 23.4. The van der Waals surface area contributed by atoms with Crippen LogP contribution in [0.15, 0.2) is 25.0 Å². The molecule has 0 radical (unpaired) electrons. The Balaban J connectivity index is 2.10. The molecule has 0 aromatic carbocycles. The minimum atomic E-state index is -1.42. The van der Waals surface area contributed by atoms with Crippen LogP contribution in [0.25, 0.3) is 0 Å². The molecule has 2 aromatic heterocycles. The highest BCUT2D eigenvalue weighted by molar-refractivity contribution is 5.95. The fourth-order valence-electron chi connectivity index (χ4n) is 3.82. The van der Waals surface area contributed by atoms with Crippen molar-refractivity contribution in [3.05, 3.63) is 36.4 Å². The van der Waals surface area contributed by atoms with Crippen molar-refractivity contribution in [1.29, 1.82) is 0 Å². The van der Waals surface area contributed by atoms with Gasteiger partial charge in [0.1, 0.15) is 24.2 Å². The maximum absolute atomic E-state index is 13.1. The number of H-pyrrole nitrogens is 2. The average Bonchev–Trinajstić information content (AvgIpc) is 3.64. The van der Waals surface area contributed by atoms with Crippen LogP contribution in [0.2, 0.25) is 0 Å². The molecule has 10 N–H and O–H groups in total. The van der Waals surface area contributed by atoms with Gasteiger partial charge in [0.15, 0.2) is 0 Å². The topological polar surface area (TPSA) is 274 Å². The molecule has 0 saturated heterocycles. The molecular formula is C25H37N9O8. The maximum atomic E-state index is 13.1. The Morgan fingerprint density at radius 3 is 1.83 bits per heavy atom. The number of carbonyl (C=O) groups is 6. The first-order chi connectivity index (χ1) is 19.8. The number of aromatic nitrogens is 4. The Morgan fingerprint density at radius 1 is 0.810 bits per heavy atom. The number of nitrogens with zero attached hydrogens (tertiary/aromatic N) is 2. The predicted octanol–water partition coefficient (Wildman–Crippen LogP) is -2.19. The molecule has 0 aliphatic carbocycles. The van der Waals surface area contributed by atoms with Crippen molar-refractivity contribution < 1.29 is 39.0 Å². The molecule has 0 bridgehead atoms. The van der Waals surface area contributed by atoms with Gasteiger partial charge in [-0.1, -0.05) is 20.3 Å². The molecule has 17 heteroatoms. The fourth-order valence-corrected chi connectivity index (χ4v) is 3.82. The Labute approximate surface area is 240 Å². The van der Waals surface area contributed by atoms with Gasteiger partial charge in [-0.25, -0.2) is 14.8 Å². The summed E-state index contributed by atoms with van der Waals surface area (Å²) < 4.78 is 0. The zero-order valence-electron chi connectivity index (χ0n) is 23.4. The van der Waals surface area contributed by atoms with Crippen molar-refractivity contribution >= 4 is 35.6 Å². The van der Waals surface area contributed by atoms with Crippen LogP contribution in [0.1, 0.15) is 45.0 Å². The van der Waals surface area contributed by atoms with Crippen molar-refractivity contribution in [2.24, 2.45) is 11.7 Å². The van der Waals surface area contributed by atoms with E-state index in [1.54, 1.807) is 13.8 Å². The SMILES string of the molecule is CC[C@H](C)[C@H](NC(=O)[C@H](C)NC(=O)[C@H](Cc1cnc[nH]1)NC(=O)[C@@H](N)CC(=O)O)C(=O)N[C@@H](Cc1cnc[nH]1)C(=O)O. The molecule has 0 aliphatic rings. The largest absolute Gasteiger partial charge is 0.481 e. The van der Waals surface area contributed by atoms with Gasteiger partial charge in [-0.2, -0.15) is 0 Å². The monoisotopic (exact) mass is 591 g/mol. The number of nitrogens with two attached hydrogens (primary N) is 1. The quantitative estimate of drug-likeness (QED) is 0.0952. The highest BCUT2D eigenvalue weighted by atomic mass is 16.4. The Kier molecular flexibility index (Phi) is 12.6. The molecule has 2 aromatic rings. The molecule has 2 heterocycles. The standard InChI is InChI=1S/C25H37N9O8/c1-4-12(2)20(24(40)33-18(25(41)42)6-15-9-28-11-30-15)34-21(37)13(3)31-23(39)17(5-14-8-27-10-29-14)32-22(38)16(26)7-19(35)36/h8-13,16-18,20H,4-7,26H2,1-3H3,(H,27,29)(H,28,30)(H,31,39)(H,32,38)(H,33,40)(H,34,37)(H,35,36)(H,41,42)/t12-,13-,16-,17-,18-,20-/m0/s1. The van der Waals surface area contributed by atoms with E-state index in [1.165, 1.54) is 32.0 Å². The molecule has 6 atom stereocenters. The van der Waals surface area contributed by atoms with E-state index in [0.29, 0.717) is 17.8 Å². The lowest BCUT2D eigenvalue weighted by atomic mass is 9.97. The van der Waals surface area contributed by atoms with E-state index in [1.807, 2.05) is 0 Å². The predicted molar refractivity (Wildman–Crippen MR) is 145 cm³/mol. The highest BCUT2D eigenvalue weighted by Crippen LogP contribution is 2.10. The summed E-state index contributed by atoms with van der Waals surface area (Å²) in [7, 11) is 0. The van der Waals surface area contributed by atoms with Crippen LogP contribution in [0.5, 0.6) is 0 Å². The number of nitrogens with one attached hydrogen (secondary N) is 6. The number of carboxylic acids is 2. The van der Waals surface area contributed by atoms with Gasteiger partial charge in [-0.15, -0.1) is 0 Å². The van der Waals surface area contributed by atoms with Crippen LogP contribution < -0.4 is 27.0 Å². The van der Waals surface area contributed by atoms with Crippen molar-refractivity contribution in [2.75, 3.05) is 0 Å². The first-order valence-corrected chi connectivity index (χ1v) is 13.2. The molecule has 42 heavy (non-hydrogen) atoms. The number of hydrogen-bond acceptors (Lipinski definition) is 9. The lowest BCUT2D eigenvalue weighted by Crippen LogP contribution is -2.59. The molecule has 0 unspecified atom stereocenters. The molecule has 4 amide bonds. The third kappa shape index (κ3) is 10.3. The summed E-state index contributed by atoms with van der Waals surface area (Å²) in [5.74, 6) is -6.10. The summed E-state index contributed by atoms with van der Waals surface area (Å²) >= 11 is 0. The summed E-state index contributed by atoms with van der Waals surface area (Å²) in [5.41, 5.74) is 6.57. The Morgan fingerprint density at radius 2 is 1.36 bits per heavy atom. The molecule has 0 spiro atoms. The first kappa shape index (κ1) is 33.4. The lowest BCUT2D eigenvalue weighted by molar-refractivity contribution is -0.142. The summed E-state index contributed by atoms with van der Waals surface area (Å²) in [4.78, 5) is 87.6. The maximum Gasteiger partial charge on any atom is 0.326 e. The van der Waals surface area contributed by atoms with Crippen LogP contribution in [0.3, 0.4) is 0 Å². The second-order valence-electron chi connectivity index (χ2n) is 9.83. The van der Waals surface area contributed by atoms with Gasteiger partial charge >= 0.3 is 11.9 Å². The normalized spacial score (nSPS) is 15.2. The van der Waals surface area contributed by atoms with Gasteiger partial charge in [-0.3, -0.25) is 24.0 Å². The van der Waals surface area contributed by atoms with Gasteiger partial charge in [-0.05, 0) is 12.8 Å². The summed E-state index contributed by atoms with van der Waals surface area (Å²) in [6.45, 7) is 4.86. The molecule has 17 nitrogen and oxygen atoms in total. The third-order valence-corrected chi connectivity index (χ3v) is 6.48. The summed E-state index contributed by atoms with van der Waals surface area (Å²) in [5, 5.41) is 28.4. The lowest BCUT2D eigenvalue weighted by Gasteiger charge is -2.27. The zero-order chi connectivity index (χ0) is 31.4. The van der Waals surface area contributed by atoms with Crippen LogP contribution >= 0.6 is 0 Å². The molecule has 2 rings (SSSR count). The van der Waals surface area contributed by atoms with E-state index in [9.17, 15) is 33.9 Å². The van der Waals surface area contributed by atoms with Gasteiger partial charge in [0.2, 0.25) is 23.6 Å². The highest BCUT2D eigenvalue weighted by Gasteiger charge is 2.33. The van der Waals surface area contributed by atoms with Crippen molar-refractivity contribution in [2.45, 2.75) is 76.7 Å². The van der Waals surface area contributed by atoms with Crippen LogP contribution in [-0.2, 0) is 41.6 Å². The summed E-state index contributed by atoms with van der Waals surface area (Å²) in [6, 6.07) is -6.28. The van der Waals surface area contributed by atoms with Gasteiger partial charge in [0.25, 0.3) is 0 Å². The van der Waals surface area contributed by atoms with Crippen LogP contribution in [0, 0.1) is 5.92 Å². The van der Waals surface area contributed by atoms with Crippen LogP contribution in [-0.4, -0.2) is 95.9 Å². The number of carbonyl (C=O) groups excluding carboxylic acids is 4. The van der Waals surface area contributed by atoms with Gasteiger partial charge < -0.3 is 47.2 Å². The van der Waals surface area contributed by atoms with Crippen LogP contribution in [0.4, 0.5) is 0 Å². The smallest absolute Gasteiger partial charge is 0.326 e.